The molecule has 2 aromatic rings. The van der Waals surface area contributed by atoms with Crippen molar-refractivity contribution < 1.29 is 26.9 Å². The molecule has 12 heteroatoms. The quantitative estimate of drug-likeness (QED) is 0.305. The lowest BCUT2D eigenvalue weighted by Gasteiger charge is -2.13. The minimum absolute atomic E-state index is 0.0304. The predicted molar refractivity (Wildman–Crippen MR) is 104 cm³/mol. The summed E-state index contributed by atoms with van der Waals surface area (Å²) in [6, 6.07) is 1.69. The molecule has 1 unspecified atom stereocenters. The molecule has 0 bridgehead atoms. The normalized spacial score (nSPS) is 11.6. The van der Waals surface area contributed by atoms with Crippen LogP contribution in [0.1, 0.15) is 29.3 Å². The van der Waals surface area contributed by atoms with E-state index in [0.717, 1.165) is 6.20 Å². The van der Waals surface area contributed by atoms with E-state index in [0.29, 0.717) is 12.5 Å². The molecule has 1 atom stereocenters. The molecule has 29 heavy (non-hydrogen) atoms. The van der Waals surface area contributed by atoms with E-state index in [1.54, 1.807) is 6.92 Å². The topological polar surface area (TPSA) is 130 Å². The highest BCUT2D eigenvalue weighted by molar-refractivity contribution is 7.86. The first-order chi connectivity index (χ1) is 13.7. The Balaban J connectivity index is 2.39. The molecule has 1 amide bonds. The lowest BCUT2D eigenvalue weighted by Crippen LogP contribution is -2.20. The minimum Gasteiger partial charge on any atom is -0.481 e. The second-order valence-corrected chi connectivity index (χ2v) is 7.01. The summed E-state index contributed by atoms with van der Waals surface area (Å²) in [5.74, 6) is -6.19. The van der Waals surface area contributed by atoms with Gasteiger partial charge in [-0.15, -0.1) is 0 Å². The number of benzene rings is 1. The fourth-order valence-electron chi connectivity index (χ4n) is 2.27. The van der Waals surface area contributed by atoms with Crippen LogP contribution in [0.25, 0.3) is 0 Å². The number of ether oxygens (including phenoxy) is 1. The number of amides is 1. The van der Waals surface area contributed by atoms with Gasteiger partial charge >= 0.3 is 0 Å². The third-order valence-corrected chi connectivity index (χ3v) is 4.85. The van der Waals surface area contributed by atoms with Crippen LogP contribution in [-0.2, 0) is 15.7 Å². The van der Waals surface area contributed by atoms with Crippen molar-refractivity contribution in [2.24, 2.45) is 0 Å². The van der Waals surface area contributed by atoms with Gasteiger partial charge in [0.15, 0.2) is 17.5 Å². The average molecular weight is 429 g/mol. The van der Waals surface area contributed by atoms with Crippen LogP contribution in [0, 0.1) is 22.9 Å². The Labute approximate surface area is 166 Å². The number of methoxy groups -OCH3 is 1. The lowest BCUT2D eigenvalue weighted by atomic mass is 10.1. The van der Waals surface area contributed by atoms with E-state index in [4.69, 9.17) is 15.9 Å². The molecule has 0 radical (unpaired) electrons. The molecular formula is C17H18F3N5O3S. The van der Waals surface area contributed by atoms with Crippen molar-refractivity contribution in [2.45, 2.75) is 13.3 Å². The average Bonchev–Trinajstić information content (AvgIpc) is 2.67. The van der Waals surface area contributed by atoms with E-state index >= 15 is 0 Å². The summed E-state index contributed by atoms with van der Waals surface area (Å²) in [6.07, 6.45) is 1.59. The molecule has 0 spiro atoms. The van der Waals surface area contributed by atoms with E-state index in [2.05, 4.69) is 15.0 Å². The number of carbonyl (C=O) groups excluding carboxylic acids is 1. The molecule has 5 N–H and O–H groups in total. The van der Waals surface area contributed by atoms with Gasteiger partial charge in [0, 0.05) is 11.8 Å². The minimum atomic E-state index is -1.74. The van der Waals surface area contributed by atoms with Crippen molar-refractivity contribution in [3.05, 3.63) is 46.9 Å². The first-order valence-corrected chi connectivity index (χ1v) is 9.53. The zero-order chi connectivity index (χ0) is 21.7. The van der Waals surface area contributed by atoms with E-state index in [-0.39, 0.29) is 28.7 Å². The van der Waals surface area contributed by atoms with Gasteiger partial charge in [-0.3, -0.25) is 10.2 Å². The van der Waals surface area contributed by atoms with Crippen LogP contribution >= 0.6 is 0 Å². The summed E-state index contributed by atoms with van der Waals surface area (Å²) in [5, 5.41) is 9.78. The van der Waals surface area contributed by atoms with Crippen molar-refractivity contribution in [3.63, 3.8) is 0 Å². The van der Waals surface area contributed by atoms with Crippen LogP contribution in [0.5, 0.6) is 0 Å². The van der Waals surface area contributed by atoms with Gasteiger partial charge in [-0.25, -0.2) is 22.4 Å². The fourth-order valence-corrected chi connectivity index (χ4v) is 3.13. The van der Waals surface area contributed by atoms with Gasteiger partial charge in [0.05, 0.1) is 30.2 Å². The number of nitrogens with one attached hydrogen (secondary N) is 3. The van der Waals surface area contributed by atoms with Crippen molar-refractivity contribution in [1.82, 2.24) is 4.98 Å². The number of pyridine rings is 1. The molecule has 1 aromatic heterocycles. The molecule has 2 rings (SSSR count). The monoisotopic (exact) mass is 429 g/mol. The second-order valence-electron chi connectivity index (χ2n) is 5.70. The lowest BCUT2D eigenvalue weighted by molar-refractivity contribution is 0.101. The van der Waals surface area contributed by atoms with E-state index < -0.39 is 45.6 Å². The summed E-state index contributed by atoms with van der Waals surface area (Å²) in [4.78, 5) is 16.2. The van der Waals surface area contributed by atoms with Crippen molar-refractivity contribution in [1.29, 1.82) is 5.41 Å². The van der Waals surface area contributed by atoms with Gasteiger partial charge in [-0.1, -0.05) is 6.92 Å². The van der Waals surface area contributed by atoms with Gasteiger partial charge < -0.3 is 20.5 Å². The maximum absolute atomic E-state index is 14.6. The van der Waals surface area contributed by atoms with Gasteiger partial charge in [-0.05, 0) is 12.5 Å². The highest BCUT2D eigenvalue weighted by atomic mass is 32.2. The molecule has 1 heterocycles. The maximum Gasteiger partial charge on any atom is 0.261 e. The van der Waals surface area contributed by atoms with Gasteiger partial charge in [0.1, 0.15) is 22.4 Å². The fraction of sp³-hybridized carbons (Fsp3) is 0.235. The predicted octanol–water partition coefficient (Wildman–Crippen LogP) is 2.79. The molecule has 0 saturated carbocycles. The number of halogens is 3. The third kappa shape index (κ3) is 5.02. The number of aromatic nitrogens is 1. The summed E-state index contributed by atoms with van der Waals surface area (Å²) in [5.41, 5.74) is 3.76. The molecule has 0 saturated heterocycles. The highest BCUT2D eigenvalue weighted by Gasteiger charge is 2.25. The Hall–Kier alpha value is -3.15. The molecule has 0 aliphatic carbocycles. The van der Waals surface area contributed by atoms with E-state index in [1.165, 1.54) is 13.2 Å². The number of hydrogen-bond donors (Lipinski definition) is 4. The number of rotatable bonds is 7. The largest absolute Gasteiger partial charge is 0.481 e. The summed E-state index contributed by atoms with van der Waals surface area (Å²) < 4.78 is 61.4. The molecule has 156 valence electrons. The molecule has 0 aliphatic rings. The molecule has 0 fully saturated rings. The van der Waals surface area contributed by atoms with Gasteiger partial charge in [0.2, 0.25) is 5.90 Å². The smallest absolute Gasteiger partial charge is 0.261 e. The first kappa shape index (κ1) is 22.1. The van der Waals surface area contributed by atoms with E-state index in [9.17, 15) is 22.2 Å². The molecule has 0 aliphatic heterocycles. The maximum atomic E-state index is 14.6. The second kappa shape index (κ2) is 9.37. The first-order valence-electron chi connectivity index (χ1n) is 8.21. The van der Waals surface area contributed by atoms with Crippen LogP contribution in [-0.4, -0.2) is 33.9 Å². The number of nitrogens with zero attached hydrogens (tertiary/aromatic N) is 1. The Morgan fingerprint density at radius 3 is 2.62 bits per heavy atom. The number of carbonyl (C=O) groups is 1. The van der Waals surface area contributed by atoms with Crippen LogP contribution in [0.15, 0.2) is 18.3 Å². The van der Waals surface area contributed by atoms with Crippen molar-refractivity contribution in [2.75, 3.05) is 28.6 Å². The van der Waals surface area contributed by atoms with Crippen LogP contribution in [0.3, 0.4) is 0 Å². The van der Waals surface area contributed by atoms with Gasteiger partial charge in [0.25, 0.3) is 5.91 Å². The number of nitrogens with two attached hydrogens (primary N) is 1. The number of anilines is 3. The SMILES string of the molecule is CCCS(=O)Nc1cc(F)c(F)c(C(=O)Nc2cnc(N)c(C(=N)OC)c2)c1F. The zero-order valence-electron chi connectivity index (χ0n) is 15.4. The van der Waals surface area contributed by atoms with Crippen molar-refractivity contribution >= 4 is 40.0 Å². The molecule has 8 nitrogen and oxygen atoms in total. The summed E-state index contributed by atoms with van der Waals surface area (Å²) in [6.45, 7) is 1.73. The standard InChI is InChI=1S/C17H18F3N5O3S/c1-3-4-29(27)25-11-6-10(18)13(19)12(14(11)20)17(26)24-8-5-9(16(22)28-2)15(21)23-7-8/h5-7,22,25H,3-4H2,1-2H3,(H2,21,23)(H,24,26). The third-order valence-electron chi connectivity index (χ3n) is 3.62. The number of nitrogen functional groups attached to an aromatic ring is 1. The Bertz CT molecular complexity index is 987. The molecular weight excluding hydrogens is 411 g/mol. The molecule has 1 aromatic carbocycles. The number of hydrogen-bond acceptors (Lipinski definition) is 6. The van der Waals surface area contributed by atoms with Crippen molar-refractivity contribution in [3.8, 4) is 0 Å². The van der Waals surface area contributed by atoms with Crippen LogP contribution in [0.4, 0.5) is 30.4 Å². The Morgan fingerprint density at radius 1 is 1.31 bits per heavy atom. The highest BCUT2D eigenvalue weighted by Crippen LogP contribution is 2.26. The summed E-state index contributed by atoms with van der Waals surface area (Å²) in [7, 11) is -0.516. The Morgan fingerprint density at radius 2 is 2.00 bits per heavy atom. The van der Waals surface area contributed by atoms with Crippen LogP contribution in [0.2, 0.25) is 0 Å². The van der Waals surface area contributed by atoms with Crippen LogP contribution < -0.4 is 15.8 Å². The zero-order valence-corrected chi connectivity index (χ0v) is 16.3. The van der Waals surface area contributed by atoms with Gasteiger partial charge in [-0.2, -0.15) is 0 Å². The summed E-state index contributed by atoms with van der Waals surface area (Å²) >= 11 is 0. The Kier molecular flexibility index (Phi) is 7.15. The van der Waals surface area contributed by atoms with E-state index in [1.807, 2.05) is 0 Å².